The van der Waals surface area contributed by atoms with Crippen LogP contribution >= 0.6 is 0 Å². The minimum Gasteiger partial charge on any atom is -0.393 e. The Labute approximate surface area is 145 Å². The summed E-state index contributed by atoms with van der Waals surface area (Å²) in [6.45, 7) is 4.67. The van der Waals surface area contributed by atoms with Gasteiger partial charge < -0.3 is 14.9 Å². The van der Waals surface area contributed by atoms with Crippen molar-refractivity contribution in [2.75, 3.05) is 0 Å². The van der Waals surface area contributed by atoms with Crippen molar-refractivity contribution >= 4 is 0 Å². The third-order valence-electron chi connectivity index (χ3n) is 9.45. The van der Waals surface area contributed by atoms with Crippen molar-refractivity contribution in [3.63, 3.8) is 0 Å². The number of aliphatic hydroxyl groups excluding tert-OH is 1. The van der Waals surface area contributed by atoms with E-state index in [4.69, 9.17) is 11.2 Å². The van der Waals surface area contributed by atoms with E-state index in [9.17, 15) is 10.2 Å². The average Bonchev–Trinajstić information content (AvgIpc) is 3.17. The zero-order valence-electron chi connectivity index (χ0n) is 14.9. The van der Waals surface area contributed by atoms with Crippen LogP contribution in [0.15, 0.2) is 0 Å². The third-order valence-corrected chi connectivity index (χ3v) is 9.45. The van der Waals surface area contributed by atoms with Crippen LogP contribution in [-0.4, -0.2) is 33.6 Å². The fourth-order valence-electron chi connectivity index (χ4n) is 7.91. The number of ether oxygens (including phenoxy) is 1. The molecule has 2 N–H and O–H groups in total. The molecule has 5 fully saturated rings. The summed E-state index contributed by atoms with van der Waals surface area (Å²) >= 11 is 0. The smallest absolute Gasteiger partial charge is 0.130 e. The quantitative estimate of drug-likeness (QED) is 0.530. The van der Waals surface area contributed by atoms with Gasteiger partial charge in [0, 0.05) is 17.3 Å². The topological polar surface area (TPSA) is 53.0 Å². The van der Waals surface area contributed by atoms with E-state index in [1.165, 1.54) is 0 Å². The second kappa shape index (κ2) is 4.40. The van der Waals surface area contributed by atoms with Crippen molar-refractivity contribution in [1.29, 1.82) is 0 Å². The lowest BCUT2D eigenvalue weighted by Crippen LogP contribution is -2.60. The first-order chi connectivity index (χ1) is 11.3. The van der Waals surface area contributed by atoms with E-state index < -0.39 is 5.60 Å². The number of fused-ring (bicyclic) bond motifs is 4. The molecule has 0 aromatic heterocycles. The molecule has 1 spiro atoms. The molecule has 4 aliphatic carbocycles. The average molecular weight is 330 g/mol. The van der Waals surface area contributed by atoms with Crippen molar-refractivity contribution in [2.45, 2.75) is 88.6 Å². The Morgan fingerprint density at radius 2 is 1.71 bits per heavy atom. The SMILES string of the molecule is C#C[C@]1(O)CC[C@@H]2[C@@H]3C[C@@H]4O[C@@]45C[C@H](O)CC[C@]5(C)[C@@H]3CC[C@]21C. The normalized spacial score (nSPS) is 64.2. The predicted octanol–water partition coefficient (Wildman–Crippen LogP) is 2.89. The highest BCUT2D eigenvalue weighted by Crippen LogP contribution is 2.74. The van der Waals surface area contributed by atoms with Crippen molar-refractivity contribution in [1.82, 2.24) is 0 Å². The molecule has 0 aromatic carbocycles. The standard InChI is InChI=1S/C21H30O3/c1-4-20(23)10-7-15-14-11-17-21(24-17)12-13(22)5-8-19(21,3)16(14)6-9-18(15,20)2/h1,13-17,22-23H,5-12H2,2-3H3/t13-,14+,15-,16-,17+,18-,19-,20+,21+/m1/s1. The molecular formula is C21H30O3. The van der Waals surface area contributed by atoms with Gasteiger partial charge in [-0.05, 0) is 62.7 Å². The van der Waals surface area contributed by atoms with Crippen molar-refractivity contribution in [3.05, 3.63) is 0 Å². The van der Waals surface area contributed by atoms with Crippen LogP contribution in [0.1, 0.15) is 65.2 Å². The van der Waals surface area contributed by atoms with Crippen molar-refractivity contribution in [2.24, 2.45) is 28.6 Å². The van der Waals surface area contributed by atoms with Gasteiger partial charge in [-0.3, -0.25) is 0 Å². The summed E-state index contributed by atoms with van der Waals surface area (Å²) in [6, 6.07) is 0. The van der Waals surface area contributed by atoms with Crippen molar-refractivity contribution < 1.29 is 14.9 Å². The van der Waals surface area contributed by atoms with Crippen LogP contribution in [0.25, 0.3) is 0 Å². The zero-order chi connectivity index (χ0) is 17.0. The molecule has 132 valence electrons. The number of hydrogen-bond acceptors (Lipinski definition) is 3. The lowest BCUT2D eigenvalue weighted by molar-refractivity contribution is -0.133. The second-order valence-corrected chi connectivity index (χ2v) is 9.92. The van der Waals surface area contributed by atoms with E-state index in [1.807, 2.05) is 0 Å². The van der Waals surface area contributed by atoms with E-state index in [2.05, 4.69) is 19.8 Å². The Kier molecular flexibility index (Phi) is 2.87. The van der Waals surface area contributed by atoms with Gasteiger partial charge in [0.1, 0.15) is 11.2 Å². The maximum atomic E-state index is 11.1. The summed E-state index contributed by atoms with van der Waals surface area (Å²) < 4.78 is 6.33. The Hall–Kier alpha value is -0.560. The molecule has 0 aromatic rings. The molecule has 1 aliphatic heterocycles. The molecule has 1 saturated heterocycles. The van der Waals surface area contributed by atoms with Gasteiger partial charge in [-0.25, -0.2) is 0 Å². The maximum Gasteiger partial charge on any atom is 0.130 e. The molecule has 9 atom stereocenters. The largest absolute Gasteiger partial charge is 0.393 e. The highest BCUT2D eigenvalue weighted by atomic mass is 16.6. The first-order valence-electron chi connectivity index (χ1n) is 9.86. The van der Waals surface area contributed by atoms with Crippen LogP contribution in [-0.2, 0) is 4.74 Å². The number of rotatable bonds is 0. The summed E-state index contributed by atoms with van der Waals surface area (Å²) in [4.78, 5) is 0. The lowest BCUT2D eigenvalue weighted by atomic mass is 9.44. The molecule has 3 nitrogen and oxygen atoms in total. The van der Waals surface area contributed by atoms with Crippen LogP contribution in [0, 0.1) is 40.9 Å². The minimum absolute atomic E-state index is 0.0550. The Bertz CT molecular complexity index is 625. The molecule has 0 bridgehead atoms. The third kappa shape index (κ3) is 1.53. The Morgan fingerprint density at radius 3 is 2.46 bits per heavy atom. The van der Waals surface area contributed by atoms with Crippen LogP contribution in [0.5, 0.6) is 0 Å². The molecule has 0 amide bonds. The number of epoxide rings is 1. The molecule has 5 rings (SSSR count). The highest BCUT2D eigenvalue weighted by Gasteiger charge is 2.76. The Morgan fingerprint density at radius 1 is 1.04 bits per heavy atom. The summed E-state index contributed by atoms with van der Waals surface area (Å²) in [5, 5.41) is 21.3. The molecule has 24 heavy (non-hydrogen) atoms. The van der Waals surface area contributed by atoms with Crippen molar-refractivity contribution in [3.8, 4) is 12.3 Å². The van der Waals surface area contributed by atoms with Crippen LogP contribution in [0.4, 0.5) is 0 Å². The molecule has 1 heterocycles. The van der Waals surface area contributed by atoms with Gasteiger partial charge in [-0.1, -0.05) is 19.8 Å². The second-order valence-electron chi connectivity index (χ2n) is 9.92. The Balaban J connectivity index is 1.52. The van der Waals surface area contributed by atoms with Gasteiger partial charge in [0.25, 0.3) is 0 Å². The number of hydrogen-bond donors (Lipinski definition) is 2. The summed E-state index contributed by atoms with van der Waals surface area (Å²) in [5.74, 6) is 4.55. The summed E-state index contributed by atoms with van der Waals surface area (Å²) in [7, 11) is 0. The molecule has 3 heteroatoms. The van der Waals surface area contributed by atoms with Crippen LogP contribution < -0.4 is 0 Å². The number of aliphatic hydroxyl groups is 2. The first-order valence-corrected chi connectivity index (χ1v) is 9.86. The van der Waals surface area contributed by atoms with Crippen LogP contribution in [0.2, 0.25) is 0 Å². The van der Waals surface area contributed by atoms with E-state index in [-0.39, 0.29) is 22.5 Å². The van der Waals surface area contributed by atoms with E-state index in [1.54, 1.807) is 0 Å². The molecule has 0 radical (unpaired) electrons. The van der Waals surface area contributed by atoms with E-state index in [0.29, 0.717) is 23.9 Å². The fourth-order valence-corrected chi connectivity index (χ4v) is 7.91. The minimum atomic E-state index is -0.925. The highest BCUT2D eigenvalue weighted by molar-refractivity contribution is 5.28. The van der Waals surface area contributed by atoms with Gasteiger partial charge >= 0.3 is 0 Å². The maximum absolute atomic E-state index is 11.1. The predicted molar refractivity (Wildman–Crippen MR) is 91.0 cm³/mol. The molecular weight excluding hydrogens is 300 g/mol. The summed E-state index contributed by atoms with van der Waals surface area (Å²) in [5.41, 5.74) is -0.924. The molecule has 5 aliphatic rings. The van der Waals surface area contributed by atoms with Gasteiger partial charge in [0.2, 0.25) is 0 Å². The van der Waals surface area contributed by atoms with Gasteiger partial charge in [0.15, 0.2) is 0 Å². The molecule has 4 saturated carbocycles. The fraction of sp³-hybridized carbons (Fsp3) is 0.905. The number of terminal acetylenes is 1. The summed E-state index contributed by atoms with van der Waals surface area (Å²) in [6.07, 6.45) is 13.8. The van der Waals surface area contributed by atoms with Gasteiger partial charge in [-0.15, -0.1) is 6.42 Å². The lowest BCUT2D eigenvalue weighted by Gasteiger charge is -2.59. The first kappa shape index (κ1) is 15.7. The monoisotopic (exact) mass is 330 g/mol. The van der Waals surface area contributed by atoms with Gasteiger partial charge in [-0.2, -0.15) is 0 Å². The zero-order valence-corrected chi connectivity index (χ0v) is 14.9. The molecule has 0 unspecified atom stereocenters. The van der Waals surface area contributed by atoms with Crippen LogP contribution in [0.3, 0.4) is 0 Å². The van der Waals surface area contributed by atoms with Gasteiger partial charge in [0.05, 0.1) is 12.2 Å². The van der Waals surface area contributed by atoms with E-state index in [0.717, 1.165) is 51.4 Å². The van der Waals surface area contributed by atoms with E-state index >= 15 is 0 Å².